The van der Waals surface area contributed by atoms with Crippen LogP contribution in [0.25, 0.3) is 5.57 Å². The molecule has 16 heavy (non-hydrogen) atoms. The van der Waals surface area contributed by atoms with Crippen LogP contribution < -0.4 is 9.47 Å². The molecule has 0 radical (unpaired) electrons. The maximum Gasteiger partial charge on any atom is 0.128 e. The molecule has 0 fully saturated rings. The highest BCUT2D eigenvalue weighted by molar-refractivity contribution is 9.09. The van der Waals surface area contributed by atoms with Crippen molar-refractivity contribution in [2.45, 2.75) is 19.4 Å². The average molecular weight is 283 g/mol. The smallest absolute Gasteiger partial charge is 0.128 e. The summed E-state index contributed by atoms with van der Waals surface area (Å²) < 4.78 is 11.1. The van der Waals surface area contributed by atoms with E-state index in [4.69, 9.17) is 9.47 Å². The van der Waals surface area contributed by atoms with Gasteiger partial charge >= 0.3 is 0 Å². The third kappa shape index (κ3) is 2.09. The largest absolute Gasteiger partial charge is 0.497 e. The minimum Gasteiger partial charge on any atom is -0.497 e. The Morgan fingerprint density at radius 1 is 1.38 bits per heavy atom. The van der Waals surface area contributed by atoms with Crippen LogP contribution in [-0.2, 0) is 0 Å². The van der Waals surface area contributed by atoms with Crippen LogP contribution in [0, 0.1) is 0 Å². The molecular formula is C13H15BrO2. The monoisotopic (exact) mass is 282 g/mol. The van der Waals surface area contributed by atoms with Crippen molar-refractivity contribution in [3.8, 4) is 11.5 Å². The van der Waals surface area contributed by atoms with Gasteiger partial charge in [-0.15, -0.1) is 0 Å². The summed E-state index contributed by atoms with van der Waals surface area (Å²) in [5, 5.41) is 0.819. The molecule has 0 aliphatic carbocycles. The quantitative estimate of drug-likeness (QED) is 0.771. The Labute approximate surface area is 104 Å². The van der Waals surface area contributed by atoms with Gasteiger partial charge in [0.15, 0.2) is 0 Å². The van der Waals surface area contributed by atoms with Gasteiger partial charge in [-0.1, -0.05) is 15.9 Å². The standard InChI is InChI=1S/C13H15BrO2/c1-13(2)7-9(8-14)11-6-10(15-3)4-5-12(11)16-13/h4-7H,8H2,1-3H3. The van der Waals surface area contributed by atoms with Gasteiger partial charge in [-0.25, -0.2) is 0 Å². The van der Waals surface area contributed by atoms with Gasteiger partial charge in [0.25, 0.3) is 0 Å². The van der Waals surface area contributed by atoms with Crippen molar-refractivity contribution in [3.63, 3.8) is 0 Å². The van der Waals surface area contributed by atoms with Gasteiger partial charge in [-0.05, 0) is 43.7 Å². The van der Waals surface area contributed by atoms with Crippen LogP contribution in [0.4, 0.5) is 0 Å². The molecule has 0 saturated heterocycles. The number of hydrogen-bond acceptors (Lipinski definition) is 2. The molecule has 1 aliphatic rings. The van der Waals surface area contributed by atoms with Crippen molar-refractivity contribution < 1.29 is 9.47 Å². The Morgan fingerprint density at radius 3 is 2.75 bits per heavy atom. The summed E-state index contributed by atoms with van der Waals surface area (Å²) in [6.45, 7) is 4.12. The lowest BCUT2D eigenvalue weighted by Crippen LogP contribution is -2.29. The highest BCUT2D eigenvalue weighted by Crippen LogP contribution is 2.38. The molecule has 0 saturated carbocycles. The van der Waals surface area contributed by atoms with Crippen molar-refractivity contribution >= 4 is 21.5 Å². The molecule has 1 aliphatic heterocycles. The van der Waals surface area contributed by atoms with Gasteiger partial charge in [0, 0.05) is 10.9 Å². The average Bonchev–Trinajstić information content (AvgIpc) is 2.26. The summed E-state index contributed by atoms with van der Waals surface area (Å²) in [6, 6.07) is 5.90. The van der Waals surface area contributed by atoms with E-state index < -0.39 is 0 Å². The summed E-state index contributed by atoms with van der Waals surface area (Å²) in [4.78, 5) is 0. The third-order valence-corrected chi connectivity index (χ3v) is 3.18. The van der Waals surface area contributed by atoms with Crippen LogP contribution >= 0.6 is 15.9 Å². The van der Waals surface area contributed by atoms with E-state index in [0.717, 1.165) is 22.4 Å². The van der Waals surface area contributed by atoms with Crippen molar-refractivity contribution in [2.24, 2.45) is 0 Å². The van der Waals surface area contributed by atoms with Crippen LogP contribution in [0.1, 0.15) is 19.4 Å². The molecule has 0 aromatic heterocycles. The highest BCUT2D eigenvalue weighted by atomic mass is 79.9. The minimum atomic E-state index is -0.245. The van der Waals surface area contributed by atoms with E-state index in [1.165, 1.54) is 5.57 Å². The third-order valence-electron chi connectivity index (χ3n) is 2.57. The molecule has 0 N–H and O–H groups in total. The number of allylic oxidation sites excluding steroid dienone is 1. The first-order valence-electron chi connectivity index (χ1n) is 5.21. The van der Waals surface area contributed by atoms with Gasteiger partial charge in [0.1, 0.15) is 17.1 Å². The van der Waals surface area contributed by atoms with Gasteiger partial charge < -0.3 is 9.47 Å². The topological polar surface area (TPSA) is 18.5 Å². The Kier molecular flexibility index (Phi) is 2.98. The number of fused-ring (bicyclic) bond motifs is 1. The Morgan fingerprint density at radius 2 is 2.12 bits per heavy atom. The van der Waals surface area contributed by atoms with E-state index in [1.807, 2.05) is 18.2 Å². The molecular weight excluding hydrogens is 268 g/mol. The van der Waals surface area contributed by atoms with E-state index in [1.54, 1.807) is 7.11 Å². The lowest BCUT2D eigenvalue weighted by molar-refractivity contribution is 0.158. The van der Waals surface area contributed by atoms with Crippen LogP contribution in [0.15, 0.2) is 24.3 Å². The van der Waals surface area contributed by atoms with E-state index >= 15 is 0 Å². The van der Waals surface area contributed by atoms with E-state index in [9.17, 15) is 0 Å². The summed E-state index contributed by atoms with van der Waals surface area (Å²) in [6.07, 6.45) is 2.14. The molecule has 0 spiro atoms. The first-order chi connectivity index (χ1) is 7.55. The van der Waals surface area contributed by atoms with Gasteiger partial charge in [-0.3, -0.25) is 0 Å². The van der Waals surface area contributed by atoms with E-state index in [-0.39, 0.29) is 5.60 Å². The Bertz CT molecular complexity index is 436. The summed E-state index contributed by atoms with van der Waals surface area (Å²) in [5.41, 5.74) is 2.10. The second-order valence-electron chi connectivity index (χ2n) is 4.37. The SMILES string of the molecule is COc1ccc2c(c1)C(CBr)=CC(C)(C)O2. The molecule has 1 aromatic rings. The van der Waals surface area contributed by atoms with Crippen molar-refractivity contribution in [1.29, 1.82) is 0 Å². The summed E-state index contributed by atoms with van der Waals surface area (Å²) >= 11 is 3.51. The van der Waals surface area contributed by atoms with Crippen molar-refractivity contribution in [1.82, 2.24) is 0 Å². The lowest BCUT2D eigenvalue weighted by atomic mass is 9.96. The number of ether oxygens (including phenoxy) is 2. The number of hydrogen-bond donors (Lipinski definition) is 0. The van der Waals surface area contributed by atoms with Gasteiger partial charge in [-0.2, -0.15) is 0 Å². The molecule has 1 heterocycles. The molecule has 1 aromatic carbocycles. The number of methoxy groups -OCH3 is 1. The Balaban J connectivity index is 2.52. The van der Waals surface area contributed by atoms with E-state index in [0.29, 0.717) is 0 Å². The first-order valence-corrected chi connectivity index (χ1v) is 6.33. The lowest BCUT2D eigenvalue weighted by Gasteiger charge is -2.30. The van der Waals surface area contributed by atoms with Gasteiger partial charge in [0.2, 0.25) is 0 Å². The molecule has 86 valence electrons. The molecule has 0 atom stereocenters. The predicted octanol–water partition coefficient (Wildman–Crippen LogP) is 3.64. The molecule has 0 amide bonds. The molecule has 0 unspecified atom stereocenters. The summed E-state index contributed by atoms with van der Waals surface area (Å²) in [5.74, 6) is 1.77. The number of benzene rings is 1. The van der Waals surface area contributed by atoms with Gasteiger partial charge in [0.05, 0.1) is 7.11 Å². The molecule has 3 heteroatoms. The zero-order valence-corrected chi connectivity index (χ0v) is 11.3. The number of rotatable bonds is 2. The molecule has 0 bridgehead atoms. The van der Waals surface area contributed by atoms with E-state index in [2.05, 4.69) is 35.9 Å². The fourth-order valence-electron chi connectivity index (χ4n) is 1.90. The van der Waals surface area contributed by atoms with Crippen LogP contribution in [0.3, 0.4) is 0 Å². The van der Waals surface area contributed by atoms with Crippen LogP contribution in [0.2, 0.25) is 0 Å². The maximum absolute atomic E-state index is 5.90. The second kappa shape index (κ2) is 4.13. The molecule has 2 nitrogen and oxygen atoms in total. The minimum absolute atomic E-state index is 0.245. The zero-order valence-electron chi connectivity index (χ0n) is 9.71. The zero-order chi connectivity index (χ0) is 11.8. The normalized spacial score (nSPS) is 17.1. The molecule has 2 rings (SSSR count). The predicted molar refractivity (Wildman–Crippen MR) is 69.5 cm³/mol. The number of alkyl halides is 1. The highest BCUT2D eigenvalue weighted by Gasteiger charge is 2.26. The maximum atomic E-state index is 5.90. The Hall–Kier alpha value is -0.960. The first kappa shape index (κ1) is 11.5. The number of halogens is 1. The van der Waals surface area contributed by atoms with Crippen molar-refractivity contribution in [2.75, 3.05) is 12.4 Å². The second-order valence-corrected chi connectivity index (χ2v) is 4.93. The fraction of sp³-hybridized carbons (Fsp3) is 0.385. The van der Waals surface area contributed by atoms with Crippen LogP contribution in [0.5, 0.6) is 11.5 Å². The van der Waals surface area contributed by atoms with Crippen LogP contribution in [-0.4, -0.2) is 18.0 Å². The summed E-state index contributed by atoms with van der Waals surface area (Å²) in [7, 11) is 1.67. The fourth-order valence-corrected chi connectivity index (χ4v) is 2.36. The van der Waals surface area contributed by atoms with Crippen molar-refractivity contribution in [3.05, 3.63) is 29.8 Å².